The molecule has 0 aromatic heterocycles. The maximum absolute atomic E-state index is 12.9. The molecule has 0 aliphatic heterocycles. The summed E-state index contributed by atoms with van der Waals surface area (Å²) in [4.78, 5) is 12.1. The summed E-state index contributed by atoms with van der Waals surface area (Å²) < 4.78 is 38.8. The van der Waals surface area contributed by atoms with E-state index in [1.807, 2.05) is 30.3 Å². The van der Waals surface area contributed by atoms with Crippen LogP contribution < -0.4 is 10.6 Å². The molecule has 1 aliphatic carbocycles. The van der Waals surface area contributed by atoms with Crippen molar-refractivity contribution < 1.29 is 23.1 Å². The molecule has 152 valence electrons. The molecule has 1 fully saturated rings. The molecule has 0 radical (unpaired) electrons. The number of amides is 1. The molecule has 1 saturated carbocycles. The van der Waals surface area contributed by atoms with Crippen LogP contribution in [-0.2, 0) is 11.2 Å². The molecule has 1 aliphatic rings. The lowest BCUT2D eigenvalue weighted by molar-refractivity contribution is -0.259. The van der Waals surface area contributed by atoms with E-state index in [4.69, 9.17) is 0 Å². The average molecular weight is 386 g/mol. The van der Waals surface area contributed by atoms with Crippen molar-refractivity contribution in [3.8, 4) is 0 Å². The minimum absolute atomic E-state index is 0.00712. The molecule has 7 heteroatoms. The number of hydrogen-bond donors (Lipinski definition) is 3. The second-order valence-electron chi connectivity index (χ2n) is 7.37. The van der Waals surface area contributed by atoms with Crippen LogP contribution in [0.5, 0.6) is 0 Å². The van der Waals surface area contributed by atoms with Gasteiger partial charge in [0.15, 0.2) is 5.60 Å². The maximum Gasteiger partial charge on any atom is 0.418 e. The molecule has 2 rings (SSSR count). The third-order valence-electron chi connectivity index (χ3n) is 5.37. The fourth-order valence-corrected chi connectivity index (χ4v) is 3.38. The van der Waals surface area contributed by atoms with Crippen LogP contribution in [0.3, 0.4) is 0 Å². The Morgan fingerprint density at radius 1 is 1.11 bits per heavy atom. The lowest BCUT2D eigenvalue weighted by atomic mass is 9.90. The first-order valence-corrected chi connectivity index (χ1v) is 9.59. The monoisotopic (exact) mass is 386 g/mol. The number of carbonyl (C=O) groups is 1. The molecule has 4 nitrogen and oxygen atoms in total. The van der Waals surface area contributed by atoms with Gasteiger partial charge in [-0.25, -0.2) is 0 Å². The van der Waals surface area contributed by atoms with Crippen molar-refractivity contribution >= 4 is 5.91 Å². The summed E-state index contributed by atoms with van der Waals surface area (Å²) >= 11 is 0. The van der Waals surface area contributed by atoms with Crippen molar-refractivity contribution in [1.29, 1.82) is 0 Å². The van der Waals surface area contributed by atoms with Crippen molar-refractivity contribution in [2.45, 2.75) is 75.7 Å². The Hall–Kier alpha value is -1.60. The number of aryl methyl sites for hydroxylation is 1. The van der Waals surface area contributed by atoms with E-state index >= 15 is 0 Å². The van der Waals surface area contributed by atoms with Gasteiger partial charge in [0, 0.05) is 25.0 Å². The third kappa shape index (κ3) is 6.50. The summed E-state index contributed by atoms with van der Waals surface area (Å²) in [6, 6.07) is 9.80. The van der Waals surface area contributed by atoms with Gasteiger partial charge >= 0.3 is 6.18 Å². The molecular weight excluding hydrogens is 357 g/mol. The Labute approximate surface area is 158 Å². The topological polar surface area (TPSA) is 61.4 Å². The zero-order valence-corrected chi connectivity index (χ0v) is 15.7. The SMILES string of the molecule is CCC(O)(CNC1CCC(NC(=O)CCc2ccccc2)CC1)C(F)(F)F. The highest BCUT2D eigenvalue weighted by Gasteiger charge is 2.52. The quantitative estimate of drug-likeness (QED) is 0.642. The number of hydrogen-bond acceptors (Lipinski definition) is 3. The first-order valence-electron chi connectivity index (χ1n) is 9.59. The summed E-state index contributed by atoms with van der Waals surface area (Å²) in [5.74, 6) is 0.00712. The maximum atomic E-state index is 12.9. The van der Waals surface area contributed by atoms with E-state index in [0.29, 0.717) is 25.7 Å². The zero-order valence-electron chi connectivity index (χ0n) is 15.7. The van der Waals surface area contributed by atoms with E-state index in [2.05, 4.69) is 10.6 Å². The summed E-state index contributed by atoms with van der Waals surface area (Å²) in [5, 5.41) is 15.6. The van der Waals surface area contributed by atoms with E-state index in [1.165, 1.54) is 6.92 Å². The summed E-state index contributed by atoms with van der Waals surface area (Å²) in [6.45, 7) is 0.836. The molecule has 1 unspecified atom stereocenters. The summed E-state index contributed by atoms with van der Waals surface area (Å²) in [6.07, 6.45) is -1.08. The Balaban J connectivity index is 1.68. The minimum atomic E-state index is -4.64. The van der Waals surface area contributed by atoms with Gasteiger partial charge in [-0.3, -0.25) is 4.79 Å². The number of carbonyl (C=O) groups excluding carboxylic acids is 1. The lowest BCUT2D eigenvalue weighted by Gasteiger charge is -2.34. The van der Waals surface area contributed by atoms with Crippen molar-refractivity contribution in [3.05, 3.63) is 35.9 Å². The lowest BCUT2D eigenvalue weighted by Crippen LogP contribution is -2.54. The molecule has 0 bridgehead atoms. The number of rotatable bonds is 8. The highest BCUT2D eigenvalue weighted by atomic mass is 19.4. The standard InChI is InChI=1S/C20H29F3N2O2/c1-2-19(27,20(21,22)23)14-24-16-9-11-17(12-10-16)25-18(26)13-8-15-6-4-3-5-7-15/h3-7,16-17,24,27H,2,8-14H2,1H3,(H,25,26). The third-order valence-corrected chi connectivity index (χ3v) is 5.37. The van der Waals surface area contributed by atoms with Crippen LogP contribution >= 0.6 is 0 Å². The van der Waals surface area contributed by atoms with Crippen LogP contribution in [-0.4, -0.2) is 41.4 Å². The smallest absolute Gasteiger partial charge is 0.379 e. The van der Waals surface area contributed by atoms with Gasteiger partial charge in [-0.15, -0.1) is 0 Å². The van der Waals surface area contributed by atoms with E-state index in [-0.39, 0.29) is 24.4 Å². The van der Waals surface area contributed by atoms with Crippen LogP contribution in [0.1, 0.15) is 51.0 Å². The van der Waals surface area contributed by atoms with Crippen LogP contribution in [0, 0.1) is 0 Å². The molecule has 1 aromatic carbocycles. The van der Waals surface area contributed by atoms with Gasteiger partial charge in [0.05, 0.1) is 0 Å². The number of benzene rings is 1. The predicted molar refractivity (Wildman–Crippen MR) is 98.2 cm³/mol. The van der Waals surface area contributed by atoms with Gasteiger partial charge < -0.3 is 15.7 Å². The average Bonchev–Trinajstić information content (AvgIpc) is 2.65. The Bertz CT molecular complexity index is 587. The fourth-order valence-electron chi connectivity index (χ4n) is 3.38. The van der Waals surface area contributed by atoms with Crippen molar-refractivity contribution in [2.75, 3.05) is 6.54 Å². The Morgan fingerprint density at radius 3 is 2.26 bits per heavy atom. The van der Waals surface area contributed by atoms with Crippen LogP contribution in [0.2, 0.25) is 0 Å². The van der Waals surface area contributed by atoms with E-state index < -0.39 is 18.3 Å². The normalized spacial score (nSPS) is 22.9. The van der Waals surface area contributed by atoms with E-state index in [0.717, 1.165) is 18.4 Å². The van der Waals surface area contributed by atoms with E-state index in [1.54, 1.807) is 0 Å². The number of nitrogens with one attached hydrogen (secondary N) is 2. The zero-order chi connectivity index (χ0) is 19.9. The fraction of sp³-hybridized carbons (Fsp3) is 0.650. The molecule has 0 saturated heterocycles. The highest BCUT2D eigenvalue weighted by molar-refractivity contribution is 5.76. The number of alkyl halides is 3. The number of aliphatic hydroxyl groups is 1. The van der Waals surface area contributed by atoms with Crippen LogP contribution in [0.4, 0.5) is 13.2 Å². The van der Waals surface area contributed by atoms with Crippen LogP contribution in [0.15, 0.2) is 30.3 Å². The first kappa shape index (κ1) is 21.7. The van der Waals surface area contributed by atoms with Crippen LogP contribution in [0.25, 0.3) is 0 Å². The van der Waals surface area contributed by atoms with Gasteiger partial charge in [0.2, 0.25) is 5.91 Å². The Morgan fingerprint density at radius 2 is 1.70 bits per heavy atom. The predicted octanol–water partition coefficient (Wildman–Crippen LogP) is 3.34. The van der Waals surface area contributed by atoms with Gasteiger partial charge in [0.25, 0.3) is 0 Å². The molecular formula is C20H29F3N2O2. The van der Waals surface area contributed by atoms with Gasteiger partial charge in [-0.2, -0.15) is 13.2 Å². The minimum Gasteiger partial charge on any atom is -0.379 e. The molecule has 3 N–H and O–H groups in total. The van der Waals surface area contributed by atoms with Gasteiger partial charge in [-0.05, 0) is 44.1 Å². The van der Waals surface area contributed by atoms with Gasteiger partial charge in [-0.1, -0.05) is 37.3 Å². The molecule has 1 atom stereocenters. The summed E-state index contributed by atoms with van der Waals surface area (Å²) in [5.41, 5.74) is -1.57. The number of halogens is 3. The summed E-state index contributed by atoms with van der Waals surface area (Å²) in [7, 11) is 0. The largest absolute Gasteiger partial charge is 0.418 e. The second kappa shape index (κ2) is 9.55. The van der Waals surface area contributed by atoms with Gasteiger partial charge in [0.1, 0.15) is 0 Å². The Kier molecular flexibility index (Phi) is 7.68. The first-order chi connectivity index (χ1) is 12.7. The molecule has 0 spiro atoms. The molecule has 0 heterocycles. The second-order valence-corrected chi connectivity index (χ2v) is 7.37. The molecule has 1 aromatic rings. The molecule has 1 amide bonds. The van der Waals surface area contributed by atoms with Crippen molar-refractivity contribution in [1.82, 2.24) is 10.6 Å². The molecule has 27 heavy (non-hydrogen) atoms. The van der Waals surface area contributed by atoms with Crippen molar-refractivity contribution in [3.63, 3.8) is 0 Å². The highest BCUT2D eigenvalue weighted by Crippen LogP contribution is 2.33. The van der Waals surface area contributed by atoms with Crippen molar-refractivity contribution in [2.24, 2.45) is 0 Å². The van der Waals surface area contributed by atoms with E-state index in [9.17, 15) is 23.1 Å².